The van der Waals surface area contributed by atoms with Crippen LogP contribution in [0.25, 0.3) is 0 Å². The number of nitrogens with one attached hydrogen (secondary N) is 2. The maximum atomic E-state index is 11.8. The monoisotopic (exact) mass is 286 g/mol. The van der Waals surface area contributed by atoms with E-state index in [1.54, 1.807) is 0 Å². The van der Waals surface area contributed by atoms with Gasteiger partial charge in [-0.3, -0.25) is 0 Å². The van der Waals surface area contributed by atoms with Crippen LogP contribution in [0.5, 0.6) is 0 Å². The van der Waals surface area contributed by atoms with Crippen molar-refractivity contribution in [1.29, 1.82) is 0 Å². The van der Waals surface area contributed by atoms with Gasteiger partial charge in [0.15, 0.2) is 0 Å². The third-order valence-corrected chi connectivity index (χ3v) is 3.72. The molecule has 1 aliphatic heterocycles. The van der Waals surface area contributed by atoms with Crippen LogP contribution in [0.3, 0.4) is 0 Å². The zero-order valence-corrected chi connectivity index (χ0v) is 11.1. The number of allylic oxidation sites excluding steroid dienone is 1. The smallest absolute Gasteiger partial charge is 0.338 e. The summed E-state index contributed by atoms with van der Waals surface area (Å²) < 4.78 is 4.74. The number of esters is 1. The van der Waals surface area contributed by atoms with Crippen molar-refractivity contribution >= 4 is 34.9 Å². The van der Waals surface area contributed by atoms with E-state index < -0.39 is 12.0 Å². The van der Waals surface area contributed by atoms with E-state index in [0.717, 1.165) is 4.88 Å². The van der Waals surface area contributed by atoms with Crippen LogP contribution < -0.4 is 10.6 Å². The van der Waals surface area contributed by atoms with Crippen LogP contribution in [0.15, 0.2) is 28.8 Å². The Morgan fingerprint density at radius 1 is 1.61 bits per heavy atom. The Morgan fingerprint density at radius 2 is 2.39 bits per heavy atom. The van der Waals surface area contributed by atoms with E-state index >= 15 is 0 Å². The van der Waals surface area contributed by atoms with Gasteiger partial charge in [-0.1, -0.05) is 6.07 Å². The molecule has 0 aliphatic carbocycles. The van der Waals surface area contributed by atoms with Crippen LogP contribution in [0.1, 0.15) is 10.9 Å². The van der Waals surface area contributed by atoms with Crippen LogP contribution in [0.2, 0.25) is 0 Å². The topological polar surface area (TPSA) is 67.4 Å². The first-order valence-electron chi connectivity index (χ1n) is 5.15. The minimum absolute atomic E-state index is 0.0414. The van der Waals surface area contributed by atoms with Crippen molar-refractivity contribution in [1.82, 2.24) is 10.6 Å². The highest BCUT2D eigenvalue weighted by Gasteiger charge is 2.33. The number of carbonyl (C=O) groups excluding carboxylic acids is 2. The first kappa shape index (κ1) is 12.9. The van der Waals surface area contributed by atoms with Crippen molar-refractivity contribution in [2.45, 2.75) is 6.04 Å². The summed E-state index contributed by atoms with van der Waals surface area (Å²) in [6.45, 7) is 0. The van der Waals surface area contributed by atoms with Crippen LogP contribution in [-0.2, 0) is 9.53 Å². The Labute approximate surface area is 113 Å². The van der Waals surface area contributed by atoms with Crippen molar-refractivity contribution in [3.63, 3.8) is 0 Å². The number of ether oxygens (including phenoxy) is 1. The molecule has 1 aromatic rings. The number of amides is 2. The predicted octanol–water partition coefficient (Wildman–Crippen LogP) is 1.77. The zero-order chi connectivity index (χ0) is 13.1. The number of halogens is 1. The summed E-state index contributed by atoms with van der Waals surface area (Å²) in [4.78, 5) is 24.2. The third kappa shape index (κ3) is 2.34. The fourth-order valence-electron chi connectivity index (χ4n) is 1.74. The summed E-state index contributed by atoms with van der Waals surface area (Å²) in [6, 6.07) is 2.80. The standard InChI is InChI=1S/C11H11ClN2O3S/c1-17-10(15)8-6(5-12)13-11(16)14-9(8)7-3-2-4-18-7/h2-4,9H,5H2,1H3,(H2,13,14,16). The van der Waals surface area contributed by atoms with Gasteiger partial charge >= 0.3 is 12.0 Å². The SMILES string of the molecule is COC(=O)C1=C(CCl)NC(=O)NC1c1cccs1. The maximum Gasteiger partial charge on any atom is 0.338 e. The molecule has 0 saturated heterocycles. The maximum absolute atomic E-state index is 11.8. The van der Waals surface area contributed by atoms with Gasteiger partial charge in [0.2, 0.25) is 0 Å². The molecule has 96 valence electrons. The van der Waals surface area contributed by atoms with E-state index in [4.69, 9.17) is 16.3 Å². The average Bonchev–Trinajstić information content (AvgIpc) is 2.90. The largest absolute Gasteiger partial charge is 0.466 e. The Bertz CT molecular complexity index is 498. The van der Waals surface area contributed by atoms with E-state index in [-0.39, 0.29) is 11.9 Å². The summed E-state index contributed by atoms with van der Waals surface area (Å²) >= 11 is 7.21. The van der Waals surface area contributed by atoms with Crippen molar-refractivity contribution in [3.05, 3.63) is 33.7 Å². The second-order valence-corrected chi connectivity index (χ2v) is 4.81. The fourth-order valence-corrected chi connectivity index (χ4v) is 2.74. The Hall–Kier alpha value is -1.53. The van der Waals surface area contributed by atoms with Gasteiger partial charge in [0.1, 0.15) is 0 Å². The second kappa shape index (κ2) is 5.41. The van der Waals surface area contributed by atoms with Crippen LogP contribution in [0, 0.1) is 0 Å². The minimum Gasteiger partial charge on any atom is -0.466 e. The molecule has 2 N–H and O–H groups in total. The molecule has 2 heterocycles. The summed E-state index contributed by atoms with van der Waals surface area (Å²) in [6.07, 6.45) is 0. The van der Waals surface area contributed by atoms with Crippen LogP contribution in [0.4, 0.5) is 4.79 Å². The zero-order valence-electron chi connectivity index (χ0n) is 9.53. The molecule has 0 saturated carbocycles. The highest BCUT2D eigenvalue weighted by molar-refractivity contribution is 7.10. The summed E-state index contributed by atoms with van der Waals surface area (Å²) in [5.41, 5.74) is 0.722. The number of methoxy groups -OCH3 is 1. The molecular weight excluding hydrogens is 276 g/mol. The van der Waals surface area contributed by atoms with Gasteiger partial charge in [-0.05, 0) is 11.4 Å². The van der Waals surface area contributed by atoms with Gasteiger partial charge in [-0.2, -0.15) is 0 Å². The molecular formula is C11H11ClN2O3S. The summed E-state index contributed by atoms with van der Waals surface area (Å²) in [5.74, 6) is -0.462. The molecule has 1 aliphatic rings. The number of rotatable bonds is 3. The molecule has 7 heteroatoms. The quantitative estimate of drug-likeness (QED) is 0.657. The second-order valence-electron chi connectivity index (χ2n) is 3.56. The predicted molar refractivity (Wildman–Crippen MR) is 68.5 cm³/mol. The molecule has 1 aromatic heterocycles. The normalized spacial score (nSPS) is 19.2. The van der Waals surface area contributed by atoms with Gasteiger partial charge in [-0.25, -0.2) is 9.59 Å². The Balaban J connectivity index is 2.48. The number of alkyl halides is 1. The average molecular weight is 287 g/mol. The Morgan fingerprint density at radius 3 is 2.94 bits per heavy atom. The lowest BCUT2D eigenvalue weighted by Gasteiger charge is -2.27. The third-order valence-electron chi connectivity index (χ3n) is 2.52. The molecule has 1 atom stereocenters. The van der Waals surface area contributed by atoms with Crippen LogP contribution in [-0.4, -0.2) is 25.0 Å². The number of hydrogen-bond acceptors (Lipinski definition) is 4. The summed E-state index contributed by atoms with van der Waals surface area (Å²) in [5, 5.41) is 7.09. The van der Waals surface area contributed by atoms with Crippen LogP contribution >= 0.6 is 22.9 Å². The first-order chi connectivity index (χ1) is 8.67. The van der Waals surface area contributed by atoms with Crippen molar-refractivity contribution in [2.75, 3.05) is 13.0 Å². The Kier molecular flexibility index (Phi) is 3.88. The number of carbonyl (C=O) groups is 2. The molecule has 0 spiro atoms. The van der Waals surface area contributed by atoms with Crippen molar-refractivity contribution in [3.8, 4) is 0 Å². The highest BCUT2D eigenvalue weighted by atomic mass is 35.5. The molecule has 0 bridgehead atoms. The minimum atomic E-state index is -0.514. The molecule has 2 amide bonds. The van der Waals surface area contributed by atoms with Crippen molar-refractivity contribution in [2.24, 2.45) is 0 Å². The molecule has 5 nitrogen and oxygen atoms in total. The highest BCUT2D eigenvalue weighted by Crippen LogP contribution is 2.30. The van der Waals surface area contributed by atoms with E-state index in [1.807, 2.05) is 17.5 Å². The molecule has 18 heavy (non-hydrogen) atoms. The van der Waals surface area contributed by atoms with E-state index in [2.05, 4.69) is 10.6 Å². The lowest BCUT2D eigenvalue weighted by atomic mass is 10.0. The number of urea groups is 1. The van der Waals surface area contributed by atoms with Gasteiger partial charge in [-0.15, -0.1) is 22.9 Å². The lowest BCUT2D eigenvalue weighted by molar-refractivity contribution is -0.136. The fraction of sp³-hybridized carbons (Fsp3) is 0.273. The number of thiophene rings is 1. The lowest BCUT2D eigenvalue weighted by Crippen LogP contribution is -2.46. The first-order valence-corrected chi connectivity index (χ1v) is 6.57. The molecule has 0 aromatic carbocycles. The van der Waals surface area contributed by atoms with Gasteiger partial charge < -0.3 is 15.4 Å². The summed E-state index contributed by atoms with van der Waals surface area (Å²) in [7, 11) is 1.29. The van der Waals surface area contributed by atoms with E-state index in [1.165, 1.54) is 18.4 Å². The van der Waals surface area contributed by atoms with Crippen molar-refractivity contribution < 1.29 is 14.3 Å². The number of hydrogen-bond donors (Lipinski definition) is 2. The van der Waals surface area contributed by atoms with Gasteiger partial charge in [0.25, 0.3) is 0 Å². The molecule has 2 rings (SSSR count). The van der Waals surface area contributed by atoms with E-state index in [9.17, 15) is 9.59 Å². The molecule has 0 radical (unpaired) electrons. The molecule has 0 fully saturated rings. The van der Waals surface area contributed by atoms with E-state index in [0.29, 0.717) is 11.3 Å². The van der Waals surface area contributed by atoms with Gasteiger partial charge in [0.05, 0.1) is 24.6 Å². The van der Waals surface area contributed by atoms with Gasteiger partial charge in [0, 0.05) is 10.6 Å². The molecule has 1 unspecified atom stereocenters.